The lowest BCUT2D eigenvalue weighted by Gasteiger charge is -2.28. The lowest BCUT2D eigenvalue weighted by atomic mass is 9.91. The Morgan fingerprint density at radius 2 is 1.94 bits per heavy atom. The number of aryl methyl sites for hydroxylation is 2. The number of hydrogen-bond donors (Lipinski definition) is 1. The van der Waals surface area contributed by atoms with Crippen molar-refractivity contribution >= 4 is 5.97 Å². The van der Waals surface area contributed by atoms with E-state index in [0.29, 0.717) is 6.42 Å². The second-order valence-corrected chi connectivity index (χ2v) is 5.31. The van der Waals surface area contributed by atoms with Crippen molar-refractivity contribution < 1.29 is 9.90 Å². The van der Waals surface area contributed by atoms with Crippen LogP contribution in [0.3, 0.4) is 0 Å². The fourth-order valence-corrected chi connectivity index (χ4v) is 2.25. The lowest BCUT2D eigenvalue weighted by molar-refractivity contribution is -0.141. The number of carboxylic acids is 1. The Morgan fingerprint density at radius 1 is 1.33 bits per heavy atom. The van der Waals surface area contributed by atoms with E-state index in [-0.39, 0.29) is 12.0 Å². The van der Waals surface area contributed by atoms with Gasteiger partial charge in [0.2, 0.25) is 0 Å². The topological polar surface area (TPSA) is 40.5 Å². The van der Waals surface area contributed by atoms with Gasteiger partial charge in [-0.15, -0.1) is 0 Å². The van der Waals surface area contributed by atoms with Crippen LogP contribution in [0.25, 0.3) is 0 Å². The van der Waals surface area contributed by atoms with E-state index in [2.05, 4.69) is 36.9 Å². The first kappa shape index (κ1) is 14.7. The van der Waals surface area contributed by atoms with Crippen LogP contribution in [0.1, 0.15) is 36.1 Å². The molecule has 100 valence electrons. The molecule has 1 rings (SSSR count). The molecule has 0 saturated carbocycles. The van der Waals surface area contributed by atoms with Gasteiger partial charge in [-0.1, -0.05) is 30.7 Å². The standard InChI is InChI=1S/C15H23NO2/c1-10-6-7-13(11(2)8-10)14(16(4)5)9-12(3)15(17)18/h6-8,12,14H,9H2,1-5H3,(H,17,18). The molecule has 2 unspecified atom stereocenters. The highest BCUT2D eigenvalue weighted by atomic mass is 16.4. The molecule has 0 heterocycles. The molecule has 0 radical (unpaired) electrons. The van der Waals surface area contributed by atoms with Gasteiger partial charge in [-0.25, -0.2) is 0 Å². The Labute approximate surface area is 109 Å². The highest BCUT2D eigenvalue weighted by molar-refractivity contribution is 5.69. The zero-order valence-electron chi connectivity index (χ0n) is 11.9. The number of carbonyl (C=O) groups is 1. The minimum absolute atomic E-state index is 0.150. The number of benzene rings is 1. The molecule has 0 aliphatic carbocycles. The normalized spacial score (nSPS) is 14.6. The van der Waals surface area contributed by atoms with Crippen LogP contribution in [0.5, 0.6) is 0 Å². The summed E-state index contributed by atoms with van der Waals surface area (Å²) in [6.45, 7) is 5.92. The second-order valence-electron chi connectivity index (χ2n) is 5.31. The minimum atomic E-state index is -0.730. The van der Waals surface area contributed by atoms with E-state index in [0.717, 1.165) is 0 Å². The van der Waals surface area contributed by atoms with Crippen molar-refractivity contribution in [3.05, 3.63) is 34.9 Å². The number of aliphatic carboxylic acids is 1. The fraction of sp³-hybridized carbons (Fsp3) is 0.533. The quantitative estimate of drug-likeness (QED) is 0.872. The molecule has 0 amide bonds. The molecule has 1 aromatic rings. The maximum Gasteiger partial charge on any atom is 0.306 e. The minimum Gasteiger partial charge on any atom is -0.481 e. The van der Waals surface area contributed by atoms with Crippen molar-refractivity contribution in [2.75, 3.05) is 14.1 Å². The first-order chi connectivity index (χ1) is 8.32. The molecule has 0 spiro atoms. The van der Waals surface area contributed by atoms with Gasteiger partial charge in [-0.3, -0.25) is 4.79 Å². The Kier molecular flexibility index (Phi) is 4.91. The zero-order valence-corrected chi connectivity index (χ0v) is 11.9. The molecule has 1 aromatic carbocycles. The fourth-order valence-electron chi connectivity index (χ4n) is 2.25. The van der Waals surface area contributed by atoms with Crippen LogP contribution >= 0.6 is 0 Å². The van der Waals surface area contributed by atoms with Crippen LogP contribution in [0, 0.1) is 19.8 Å². The van der Waals surface area contributed by atoms with Gasteiger partial charge in [0.15, 0.2) is 0 Å². The van der Waals surface area contributed by atoms with Gasteiger partial charge in [-0.05, 0) is 45.5 Å². The molecule has 3 nitrogen and oxygen atoms in total. The summed E-state index contributed by atoms with van der Waals surface area (Å²) in [7, 11) is 4.00. The van der Waals surface area contributed by atoms with E-state index >= 15 is 0 Å². The summed E-state index contributed by atoms with van der Waals surface area (Å²) in [6, 6.07) is 6.50. The molecule has 0 aliphatic rings. The largest absolute Gasteiger partial charge is 0.481 e. The van der Waals surface area contributed by atoms with Crippen LogP contribution < -0.4 is 0 Å². The molecule has 0 aromatic heterocycles. The molecule has 0 bridgehead atoms. The second kappa shape index (κ2) is 6.01. The Bertz CT molecular complexity index is 427. The Hall–Kier alpha value is -1.35. The van der Waals surface area contributed by atoms with Crippen LogP contribution in [-0.4, -0.2) is 30.1 Å². The van der Waals surface area contributed by atoms with E-state index in [4.69, 9.17) is 5.11 Å². The summed E-state index contributed by atoms with van der Waals surface area (Å²) >= 11 is 0. The van der Waals surface area contributed by atoms with Gasteiger partial charge in [-0.2, -0.15) is 0 Å². The predicted molar refractivity (Wildman–Crippen MR) is 73.8 cm³/mol. The molecular formula is C15H23NO2. The average Bonchev–Trinajstić information content (AvgIpc) is 2.26. The number of hydrogen-bond acceptors (Lipinski definition) is 2. The summed E-state index contributed by atoms with van der Waals surface area (Å²) in [4.78, 5) is 13.1. The maximum atomic E-state index is 11.0. The highest BCUT2D eigenvalue weighted by Crippen LogP contribution is 2.28. The number of rotatable bonds is 5. The SMILES string of the molecule is Cc1ccc(C(CC(C)C(=O)O)N(C)C)c(C)c1. The predicted octanol–water partition coefficient (Wildman–Crippen LogP) is 3.02. The third-order valence-electron chi connectivity index (χ3n) is 3.41. The van der Waals surface area contributed by atoms with Crippen LogP contribution in [0.15, 0.2) is 18.2 Å². The van der Waals surface area contributed by atoms with Crippen LogP contribution in [0.4, 0.5) is 0 Å². The summed E-state index contributed by atoms with van der Waals surface area (Å²) in [5.41, 5.74) is 3.69. The summed E-state index contributed by atoms with van der Waals surface area (Å²) in [5, 5.41) is 9.05. The lowest BCUT2D eigenvalue weighted by Crippen LogP contribution is -2.25. The molecule has 0 saturated heterocycles. The van der Waals surface area contributed by atoms with Crippen LogP contribution in [0.2, 0.25) is 0 Å². The Balaban J connectivity index is 3.01. The number of carboxylic acid groups (broad SMARTS) is 1. The summed E-state index contributed by atoms with van der Waals surface area (Å²) < 4.78 is 0. The molecular weight excluding hydrogens is 226 g/mol. The molecule has 0 aliphatic heterocycles. The van der Waals surface area contributed by atoms with Crippen molar-refractivity contribution in [3.63, 3.8) is 0 Å². The van der Waals surface area contributed by atoms with Crippen molar-refractivity contribution in [1.82, 2.24) is 4.90 Å². The van der Waals surface area contributed by atoms with Crippen molar-refractivity contribution in [1.29, 1.82) is 0 Å². The zero-order chi connectivity index (χ0) is 13.9. The van der Waals surface area contributed by atoms with E-state index < -0.39 is 5.97 Å². The molecule has 1 N–H and O–H groups in total. The van der Waals surface area contributed by atoms with E-state index in [1.165, 1.54) is 16.7 Å². The van der Waals surface area contributed by atoms with Crippen molar-refractivity contribution in [2.45, 2.75) is 33.2 Å². The first-order valence-corrected chi connectivity index (χ1v) is 6.29. The smallest absolute Gasteiger partial charge is 0.306 e. The first-order valence-electron chi connectivity index (χ1n) is 6.29. The summed E-state index contributed by atoms with van der Waals surface area (Å²) in [5.74, 6) is -1.07. The monoisotopic (exact) mass is 249 g/mol. The van der Waals surface area contributed by atoms with Gasteiger partial charge in [0.05, 0.1) is 5.92 Å². The van der Waals surface area contributed by atoms with E-state index in [1.54, 1.807) is 6.92 Å². The van der Waals surface area contributed by atoms with Gasteiger partial charge >= 0.3 is 5.97 Å². The Morgan fingerprint density at radius 3 is 2.39 bits per heavy atom. The van der Waals surface area contributed by atoms with Gasteiger partial charge in [0.1, 0.15) is 0 Å². The van der Waals surface area contributed by atoms with Crippen molar-refractivity contribution in [3.8, 4) is 0 Å². The van der Waals surface area contributed by atoms with Crippen LogP contribution in [-0.2, 0) is 4.79 Å². The number of nitrogens with zero attached hydrogens (tertiary/aromatic N) is 1. The molecule has 2 atom stereocenters. The molecule has 0 fully saturated rings. The summed E-state index contributed by atoms with van der Waals surface area (Å²) in [6.07, 6.45) is 0.631. The van der Waals surface area contributed by atoms with Gasteiger partial charge < -0.3 is 10.0 Å². The third-order valence-corrected chi connectivity index (χ3v) is 3.41. The van der Waals surface area contributed by atoms with E-state index in [9.17, 15) is 4.79 Å². The van der Waals surface area contributed by atoms with Gasteiger partial charge in [0, 0.05) is 6.04 Å². The van der Waals surface area contributed by atoms with Gasteiger partial charge in [0.25, 0.3) is 0 Å². The molecule has 3 heteroatoms. The third kappa shape index (κ3) is 3.57. The van der Waals surface area contributed by atoms with E-state index in [1.807, 2.05) is 14.1 Å². The maximum absolute atomic E-state index is 11.0. The highest BCUT2D eigenvalue weighted by Gasteiger charge is 2.22. The molecule has 18 heavy (non-hydrogen) atoms. The van der Waals surface area contributed by atoms with Crippen molar-refractivity contribution in [2.24, 2.45) is 5.92 Å². The average molecular weight is 249 g/mol.